The number of rotatable bonds is 6. The minimum Gasteiger partial charge on any atom is -0.313 e. The summed E-state index contributed by atoms with van der Waals surface area (Å²) in [5.41, 5.74) is 2.21. The van der Waals surface area contributed by atoms with Crippen molar-refractivity contribution in [1.29, 1.82) is 0 Å². The van der Waals surface area contributed by atoms with E-state index < -0.39 is 0 Å². The smallest absolute Gasteiger partial charge is 0.138 e. The van der Waals surface area contributed by atoms with Crippen molar-refractivity contribution in [3.05, 3.63) is 41.7 Å². The molecule has 0 saturated heterocycles. The monoisotopic (exact) mass is 259 g/mol. The van der Waals surface area contributed by atoms with Gasteiger partial charge in [-0.1, -0.05) is 13.0 Å². The Morgan fingerprint density at radius 1 is 1.32 bits per heavy atom. The van der Waals surface area contributed by atoms with E-state index in [1.807, 2.05) is 30.9 Å². The van der Waals surface area contributed by atoms with Gasteiger partial charge in [0.05, 0.1) is 0 Å². The van der Waals surface area contributed by atoms with Crippen molar-refractivity contribution >= 4 is 0 Å². The number of likely N-dealkylation sites (N-methyl/N-ethyl adjacent to an activating group) is 1. The number of pyridine rings is 1. The van der Waals surface area contributed by atoms with Crippen LogP contribution < -0.4 is 5.32 Å². The van der Waals surface area contributed by atoms with E-state index in [4.69, 9.17) is 0 Å². The lowest BCUT2D eigenvalue weighted by atomic mass is 10.1. The van der Waals surface area contributed by atoms with E-state index in [2.05, 4.69) is 33.4 Å². The molecule has 2 aromatic rings. The van der Waals surface area contributed by atoms with Crippen LogP contribution in [-0.4, -0.2) is 26.8 Å². The topological polar surface area (TPSA) is 55.6 Å². The summed E-state index contributed by atoms with van der Waals surface area (Å²) in [4.78, 5) is 8.71. The summed E-state index contributed by atoms with van der Waals surface area (Å²) in [6.07, 6.45) is 5.44. The van der Waals surface area contributed by atoms with E-state index in [0.717, 1.165) is 30.9 Å². The third-order valence-corrected chi connectivity index (χ3v) is 3.20. The number of nitrogens with zero attached hydrogens (tertiary/aromatic N) is 4. The third kappa shape index (κ3) is 3.38. The summed E-state index contributed by atoms with van der Waals surface area (Å²) in [6, 6.07) is 4.37. The average molecular weight is 259 g/mol. The molecule has 2 aromatic heterocycles. The van der Waals surface area contributed by atoms with Crippen molar-refractivity contribution in [2.75, 3.05) is 7.05 Å². The highest BCUT2D eigenvalue weighted by molar-refractivity contribution is 5.18. The summed E-state index contributed by atoms with van der Waals surface area (Å²) in [5, 5.41) is 7.59. The second-order valence-corrected chi connectivity index (χ2v) is 4.68. The summed E-state index contributed by atoms with van der Waals surface area (Å²) in [5.74, 6) is 1.02. The Labute approximate surface area is 114 Å². The zero-order valence-corrected chi connectivity index (χ0v) is 11.8. The Balaban J connectivity index is 2.14. The molecule has 0 aliphatic carbocycles. The molecule has 2 heterocycles. The largest absolute Gasteiger partial charge is 0.313 e. The van der Waals surface area contributed by atoms with E-state index in [1.54, 1.807) is 6.33 Å². The van der Waals surface area contributed by atoms with Gasteiger partial charge in [-0.05, 0) is 32.0 Å². The van der Waals surface area contributed by atoms with Crippen LogP contribution in [0.15, 0.2) is 24.7 Å². The van der Waals surface area contributed by atoms with E-state index in [1.165, 1.54) is 5.56 Å². The molecule has 102 valence electrons. The fraction of sp³-hybridized carbons (Fsp3) is 0.500. The molecule has 0 aliphatic heterocycles. The van der Waals surface area contributed by atoms with Gasteiger partial charge < -0.3 is 5.32 Å². The molecule has 5 heteroatoms. The Bertz CT molecular complexity index is 503. The minimum absolute atomic E-state index is 0.216. The third-order valence-electron chi connectivity index (χ3n) is 3.20. The Morgan fingerprint density at radius 2 is 2.16 bits per heavy atom. The molecule has 1 atom stereocenters. The first kappa shape index (κ1) is 13.7. The standard InChI is InChI=1S/C14H21N5/c1-4-7-19-14(17-10-18-19)8-13(15-3)12-6-5-11(2)16-9-12/h5-6,9-10,13,15H,4,7-8H2,1-3H3. The van der Waals surface area contributed by atoms with Crippen LogP contribution in [0.25, 0.3) is 0 Å². The molecule has 2 rings (SSSR count). The lowest BCUT2D eigenvalue weighted by Gasteiger charge is -2.16. The highest BCUT2D eigenvalue weighted by Crippen LogP contribution is 2.16. The normalized spacial score (nSPS) is 12.6. The Hall–Kier alpha value is -1.75. The maximum atomic E-state index is 4.36. The van der Waals surface area contributed by atoms with Gasteiger partial charge in [0.2, 0.25) is 0 Å². The van der Waals surface area contributed by atoms with Crippen molar-refractivity contribution < 1.29 is 0 Å². The SMILES string of the molecule is CCCn1ncnc1CC(NC)c1ccc(C)nc1. The van der Waals surface area contributed by atoms with Crippen LogP contribution >= 0.6 is 0 Å². The predicted octanol–water partition coefficient (Wildman–Crippen LogP) is 1.89. The van der Waals surface area contributed by atoms with Crippen LogP contribution in [0.2, 0.25) is 0 Å². The first-order valence-corrected chi connectivity index (χ1v) is 6.71. The minimum atomic E-state index is 0.216. The van der Waals surface area contributed by atoms with Gasteiger partial charge in [0, 0.05) is 30.9 Å². The first-order valence-electron chi connectivity index (χ1n) is 6.71. The molecule has 0 fully saturated rings. The molecule has 1 N–H and O–H groups in total. The lowest BCUT2D eigenvalue weighted by molar-refractivity contribution is 0.516. The van der Waals surface area contributed by atoms with Crippen molar-refractivity contribution in [2.24, 2.45) is 0 Å². The maximum absolute atomic E-state index is 4.36. The van der Waals surface area contributed by atoms with E-state index in [9.17, 15) is 0 Å². The van der Waals surface area contributed by atoms with Crippen LogP contribution in [0.1, 0.15) is 36.5 Å². The van der Waals surface area contributed by atoms with Gasteiger partial charge >= 0.3 is 0 Å². The Kier molecular flexibility index (Phi) is 4.63. The molecule has 0 aliphatic rings. The van der Waals surface area contributed by atoms with Crippen LogP contribution in [0.3, 0.4) is 0 Å². The molecular formula is C14H21N5. The van der Waals surface area contributed by atoms with Gasteiger partial charge in [-0.25, -0.2) is 4.98 Å². The molecule has 0 bridgehead atoms. The van der Waals surface area contributed by atoms with Crippen molar-refractivity contribution in [3.8, 4) is 0 Å². The number of hydrogen-bond donors (Lipinski definition) is 1. The summed E-state index contributed by atoms with van der Waals surface area (Å²) >= 11 is 0. The molecular weight excluding hydrogens is 238 g/mol. The number of aryl methyl sites for hydroxylation is 2. The van der Waals surface area contributed by atoms with Crippen LogP contribution in [0.4, 0.5) is 0 Å². The fourth-order valence-corrected chi connectivity index (χ4v) is 2.10. The van der Waals surface area contributed by atoms with Gasteiger partial charge in [-0.2, -0.15) is 5.10 Å². The number of nitrogens with one attached hydrogen (secondary N) is 1. The quantitative estimate of drug-likeness (QED) is 0.860. The van der Waals surface area contributed by atoms with E-state index in [0.29, 0.717) is 0 Å². The highest BCUT2D eigenvalue weighted by Gasteiger charge is 2.14. The molecule has 19 heavy (non-hydrogen) atoms. The zero-order valence-electron chi connectivity index (χ0n) is 11.8. The second kappa shape index (κ2) is 6.43. The average Bonchev–Trinajstić information content (AvgIpc) is 2.85. The van der Waals surface area contributed by atoms with Gasteiger partial charge in [-0.15, -0.1) is 0 Å². The number of aromatic nitrogens is 4. The predicted molar refractivity (Wildman–Crippen MR) is 74.8 cm³/mol. The van der Waals surface area contributed by atoms with Crippen LogP contribution in [0, 0.1) is 6.92 Å². The van der Waals surface area contributed by atoms with Crippen LogP contribution in [0.5, 0.6) is 0 Å². The molecule has 0 aromatic carbocycles. The van der Waals surface area contributed by atoms with E-state index in [-0.39, 0.29) is 6.04 Å². The van der Waals surface area contributed by atoms with Gasteiger partial charge in [0.1, 0.15) is 12.2 Å². The zero-order chi connectivity index (χ0) is 13.7. The Morgan fingerprint density at radius 3 is 2.79 bits per heavy atom. The van der Waals surface area contributed by atoms with Crippen molar-refractivity contribution in [1.82, 2.24) is 25.1 Å². The molecule has 1 unspecified atom stereocenters. The van der Waals surface area contributed by atoms with Crippen LogP contribution in [-0.2, 0) is 13.0 Å². The maximum Gasteiger partial charge on any atom is 0.138 e. The summed E-state index contributed by atoms with van der Waals surface area (Å²) in [7, 11) is 1.96. The summed E-state index contributed by atoms with van der Waals surface area (Å²) in [6.45, 7) is 5.05. The second-order valence-electron chi connectivity index (χ2n) is 4.68. The van der Waals surface area contributed by atoms with Gasteiger partial charge in [0.15, 0.2) is 0 Å². The molecule has 0 radical (unpaired) electrons. The molecule has 5 nitrogen and oxygen atoms in total. The fourth-order valence-electron chi connectivity index (χ4n) is 2.10. The van der Waals surface area contributed by atoms with Gasteiger partial charge in [-0.3, -0.25) is 9.67 Å². The summed E-state index contributed by atoms with van der Waals surface area (Å²) < 4.78 is 1.98. The molecule has 0 saturated carbocycles. The molecule has 0 amide bonds. The number of hydrogen-bond acceptors (Lipinski definition) is 4. The molecule has 0 spiro atoms. The first-order chi connectivity index (χ1) is 9.24. The van der Waals surface area contributed by atoms with E-state index >= 15 is 0 Å². The highest BCUT2D eigenvalue weighted by atomic mass is 15.3. The van der Waals surface area contributed by atoms with Crippen molar-refractivity contribution in [2.45, 2.75) is 39.3 Å². The lowest BCUT2D eigenvalue weighted by Crippen LogP contribution is -2.21. The van der Waals surface area contributed by atoms with Crippen molar-refractivity contribution in [3.63, 3.8) is 0 Å². The van der Waals surface area contributed by atoms with Gasteiger partial charge in [0.25, 0.3) is 0 Å².